The summed E-state index contributed by atoms with van der Waals surface area (Å²) in [6, 6.07) is 12.3. The summed E-state index contributed by atoms with van der Waals surface area (Å²) in [7, 11) is 0. The Morgan fingerprint density at radius 2 is 1.97 bits per heavy atom. The van der Waals surface area contributed by atoms with Crippen molar-refractivity contribution in [2.24, 2.45) is 11.0 Å². The molecule has 2 aliphatic heterocycles. The predicted octanol–water partition coefficient (Wildman–Crippen LogP) is 5.52. The number of carbonyl (C=O) groups excluding carboxylic acids is 1. The second kappa shape index (κ2) is 8.11. The highest BCUT2D eigenvalue weighted by atomic mass is 32.2. The zero-order valence-corrected chi connectivity index (χ0v) is 19.0. The van der Waals surface area contributed by atoms with Crippen LogP contribution in [0.5, 0.6) is 0 Å². The van der Waals surface area contributed by atoms with Crippen LogP contribution in [-0.2, 0) is 5.41 Å². The summed E-state index contributed by atoms with van der Waals surface area (Å²) in [5.74, 6) is 0.323. The maximum atomic E-state index is 13.3. The van der Waals surface area contributed by atoms with Crippen LogP contribution in [0.3, 0.4) is 0 Å². The number of benzene rings is 2. The molecule has 0 radical (unpaired) electrons. The van der Waals surface area contributed by atoms with Gasteiger partial charge in [-0.2, -0.15) is 5.10 Å². The van der Waals surface area contributed by atoms with Crippen LogP contribution in [0.1, 0.15) is 50.8 Å². The van der Waals surface area contributed by atoms with Crippen LogP contribution < -0.4 is 10.3 Å². The number of amides is 1. The number of amidine groups is 1. The van der Waals surface area contributed by atoms with E-state index in [-0.39, 0.29) is 27.6 Å². The minimum atomic E-state index is -0.306. The largest absolute Gasteiger partial charge is 0.326 e. The van der Waals surface area contributed by atoms with Crippen molar-refractivity contribution in [1.29, 1.82) is 5.41 Å². The molecule has 162 valence electrons. The molecular formula is C24H27FN4OS. The topological polar surface area (TPSA) is 68.6 Å². The molecule has 5 nitrogen and oxygen atoms in total. The molecule has 1 atom stereocenters. The summed E-state index contributed by atoms with van der Waals surface area (Å²) in [5, 5.41) is 13.0. The molecule has 1 unspecified atom stereocenters. The number of thioether (sulfide) groups is 1. The minimum absolute atomic E-state index is 0.00730. The first-order valence-corrected chi connectivity index (χ1v) is 11.4. The molecular weight excluding hydrogens is 411 g/mol. The Bertz CT molecular complexity index is 1060. The number of nitrogens with one attached hydrogen (secondary N) is 2. The van der Waals surface area contributed by atoms with E-state index in [0.29, 0.717) is 11.4 Å². The second-order valence-electron chi connectivity index (χ2n) is 9.05. The van der Waals surface area contributed by atoms with E-state index < -0.39 is 0 Å². The fraction of sp³-hybridized carbons (Fsp3) is 0.375. The van der Waals surface area contributed by atoms with Crippen LogP contribution in [0.4, 0.5) is 14.9 Å². The van der Waals surface area contributed by atoms with Gasteiger partial charge in [0.1, 0.15) is 11.7 Å². The third kappa shape index (κ3) is 4.11. The van der Waals surface area contributed by atoms with Crippen molar-refractivity contribution in [1.82, 2.24) is 5.43 Å². The molecule has 2 aromatic carbocycles. The van der Waals surface area contributed by atoms with Crippen molar-refractivity contribution in [3.05, 3.63) is 65.0 Å². The molecule has 2 heterocycles. The van der Waals surface area contributed by atoms with Gasteiger partial charge in [-0.25, -0.2) is 9.82 Å². The van der Waals surface area contributed by atoms with Crippen molar-refractivity contribution in [3.63, 3.8) is 0 Å². The van der Waals surface area contributed by atoms with Gasteiger partial charge in [-0.15, -0.1) is 0 Å². The lowest BCUT2D eigenvalue weighted by molar-refractivity contribution is 0.260. The lowest BCUT2D eigenvalue weighted by Gasteiger charge is -2.40. The zero-order valence-electron chi connectivity index (χ0n) is 18.2. The fourth-order valence-corrected chi connectivity index (χ4v) is 5.06. The Morgan fingerprint density at radius 3 is 2.65 bits per heavy atom. The zero-order chi connectivity index (χ0) is 22.3. The van der Waals surface area contributed by atoms with Gasteiger partial charge in [0.25, 0.3) is 5.24 Å². The normalized spacial score (nSPS) is 20.2. The number of hydrazone groups is 1. The van der Waals surface area contributed by atoms with E-state index in [1.165, 1.54) is 23.9 Å². The van der Waals surface area contributed by atoms with Gasteiger partial charge in [0.05, 0.1) is 11.0 Å². The molecule has 0 bridgehead atoms. The van der Waals surface area contributed by atoms with Crippen LogP contribution in [-0.4, -0.2) is 28.6 Å². The van der Waals surface area contributed by atoms with E-state index in [0.717, 1.165) is 35.5 Å². The van der Waals surface area contributed by atoms with Gasteiger partial charge in [0.15, 0.2) is 0 Å². The van der Waals surface area contributed by atoms with Gasteiger partial charge in [0.2, 0.25) is 0 Å². The highest BCUT2D eigenvalue weighted by Gasteiger charge is 2.35. The Hall–Kier alpha value is -2.67. The Labute approximate surface area is 186 Å². The molecule has 0 saturated carbocycles. The maximum absolute atomic E-state index is 13.3. The van der Waals surface area contributed by atoms with Crippen molar-refractivity contribution in [2.45, 2.75) is 44.8 Å². The summed E-state index contributed by atoms with van der Waals surface area (Å²) >= 11 is 1.28. The summed E-state index contributed by atoms with van der Waals surface area (Å²) in [6.45, 7) is 9.35. The number of halogens is 1. The van der Waals surface area contributed by atoms with Gasteiger partial charge in [-0.1, -0.05) is 45.5 Å². The van der Waals surface area contributed by atoms with Crippen molar-refractivity contribution in [3.8, 4) is 0 Å². The summed E-state index contributed by atoms with van der Waals surface area (Å²) < 4.78 is 13.3. The van der Waals surface area contributed by atoms with Gasteiger partial charge in [-0.05, 0) is 65.3 Å². The molecule has 31 heavy (non-hydrogen) atoms. The first-order chi connectivity index (χ1) is 14.7. The van der Waals surface area contributed by atoms with E-state index in [1.807, 2.05) is 17.0 Å². The van der Waals surface area contributed by atoms with Gasteiger partial charge < -0.3 is 4.90 Å². The van der Waals surface area contributed by atoms with Gasteiger partial charge in [-0.3, -0.25) is 10.2 Å². The van der Waals surface area contributed by atoms with Gasteiger partial charge >= 0.3 is 0 Å². The maximum Gasteiger partial charge on any atom is 0.299 e. The van der Waals surface area contributed by atoms with Gasteiger partial charge in [0, 0.05) is 17.8 Å². The van der Waals surface area contributed by atoms with E-state index >= 15 is 0 Å². The van der Waals surface area contributed by atoms with E-state index in [4.69, 9.17) is 5.41 Å². The molecule has 7 heteroatoms. The summed E-state index contributed by atoms with van der Waals surface area (Å²) in [4.78, 5) is 13.9. The monoisotopic (exact) mass is 438 g/mol. The molecule has 4 rings (SSSR count). The molecule has 2 N–H and O–H groups in total. The lowest BCUT2D eigenvalue weighted by Crippen LogP contribution is -2.41. The third-order valence-corrected chi connectivity index (χ3v) is 7.36. The number of carbonyl (C=O) groups is 1. The molecule has 0 aromatic heterocycles. The SMILES string of the molecule is CC(C)C1SC(=O)NN=C1c1ccc2c(c1)C(C)(C)CCN2C(=N)c1ccc(F)cc1. The van der Waals surface area contributed by atoms with E-state index in [2.05, 4.69) is 44.3 Å². The standard InChI is InChI=1S/C24H27FN4OS/c1-14(2)21-20(27-28-23(30)31-21)16-7-10-19-18(13-16)24(3,4)11-12-29(19)22(26)15-5-8-17(25)9-6-15/h5-10,13-14,21,26H,11-12H2,1-4H3,(H,28,30). The highest BCUT2D eigenvalue weighted by Crippen LogP contribution is 2.41. The molecule has 2 aromatic rings. The fourth-order valence-electron chi connectivity index (χ4n) is 4.16. The van der Waals surface area contributed by atoms with E-state index in [9.17, 15) is 9.18 Å². The van der Waals surface area contributed by atoms with Crippen LogP contribution in [0.25, 0.3) is 0 Å². The van der Waals surface area contributed by atoms with E-state index in [1.54, 1.807) is 12.1 Å². The molecule has 0 spiro atoms. The molecule has 1 amide bonds. The number of rotatable bonds is 3. The smallest absolute Gasteiger partial charge is 0.299 e. The van der Waals surface area contributed by atoms with Crippen molar-refractivity contribution in [2.75, 3.05) is 11.4 Å². The first kappa shape index (κ1) is 21.6. The number of nitrogens with zero attached hydrogens (tertiary/aromatic N) is 2. The number of anilines is 1. The highest BCUT2D eigenvalue weighted by molar-refractivity contribution is 8.14. The minimum Gasteiger partial charge on any atom is -0.326 e. The molecule has 2 aliphatic rings. The Balaban J connectivity index is 1.75. The number of fused-ring (bicyclic) bond motifs is 1. The Morgan fingerprint density at radius 1 is 1.26 bits per heavy atom. The predicted molar refractivity (Wildman–Crippen MR) is 126 cm³/mol. The van der Waals surface area contributed by atoms with Crippen molar-refractivity contribution >= 4 is 34.2 Å². The van der Waals surface area contributed by atoms with Crippen LogP contribution in [0, 0.1) is 17.1 Å². The molecule has 0 aliphatic carbocycles. The average molecular weight is 439 g/mol. The lowest BCUT2D eigenvalue weighted by atomic mass is 9.76. The summed E-state index contributed by atoms with van der Waals surface area (Å²) in [5.41, 5.74) is 7.24. The summed E-state index contributed by atoms with van der Waals surface area (Å²) in [6.07, 6.45) is 0.887. The number of hydrogen-bond donors (Lipinski definition) is 2. The van der Waals surface area contributed by atoms with Crippen LogP contribution in [0.2, 0.25) is 0 Å². The second-order valence-corrected chi connectivity index (χ2v) is 10.2. The third-order valence-electron chi connectivity index (χ3n) is 6.04. The average Bonchev–Trinajstić information content (AvgIpc) is 2.74. The first-order valence-electron chi connectivity index (χ1n) is 10.5. The quantitative estimate of drug-likeness (QED) is 0.489. The molecule has 0 saturated heterocycles. The van der Waals surface area contributed by atoms with Crippen molar-refractivity contribution < 1.29 is 9.18 Å². The Kier molecular flexibility index (Phi) is 5.64. The van der Waals surface area contributed by atoms with Crippen LogP contribution in [0.15, 0.2) is 47.6 Å². The molecule has 0 fully saturated rings. The van der Waals surface area contributed by atoms with Crippen LogP contribution >= 0.6 is 11.8 Å². The number of hydrogen-bond acceptors (Lipinski definition) is 4.